The molecular formula is C15H19ClN2O3. The summed E-state index contributed by atoms with van der Waals surface area (Å²) in [5.74, 6) is -0.337. The number of carbonyl (C=O) groups excluding carboxylic acids is 1. The highest BCUT2D eigenvalue weighted by molar-refractivity contribution is 6.21. The molecule has 6 heteroatoms. The molecule has 3 atom stereocenters. The molecule has 2 heterocycles. The number of hydrogen-bond donors (Lipinski definition) is 1. The molecule has 0 radical (unpaired) electrons. The molecule has 1 N–H and O–H groups in total. The summed E-state index contributed by atoms with van der Waals surface area (Å²) in [6.07, 6.45) is 1.34. The fourth-order valence-electron chi connectivity index (χ4n) is 2.76. The molecule has 1 aromatic rings. The Balaban J connectivity index is 1.87. The lowest BCUT2D eigenvalue weighted by atomic mass is 10.1. The zero-order valence-electron chi connectivity index (χ0n) is 12.1. The molecule has 0 saturated carbocycles. The SMILES string of the molecule is COC(=O)c1ccc2c(c1)NC([C@H](C)Cl)N2CC1CCO1. The lowest BCUT2D eigenvalue weighted by molar-refractivity contribution is -0.0449. The Morgan fingerprint density at radius 2 is 2.38 bits per heavy atom. The van der Waals surface area contributed by atoms with Crippen molar-refractivity contribution in [2.75, 3.05) is 30.5 Å². The molecule has 1 saturated heterocycles. The number of anilines is 2. The van der Waals surface area contributed by atoms with E-state index in [1.807, 2.05) is 19.1 Å². The number of fused-ring (bicyclic) bond motifs is 1. The molecule has 2 aliphatic rings. The van der Waals surface area contributed by atoms with Crippen LogP contribution in [0.15, 0.2) is 18.2 Å². The van der Waals surface area contributed by atoms with Crippen molar-refractivity contribution >= 4 is 28.9 Å². The number of nitrogens with zero attached hydrogens (tertiary/aromatic N) is 1. The van der Waals surface area contributed by atoms with Crippen LogP contribution < -0.4 is 10.2 Å². The van der Waals surface area contributed by atoms with E-state index in [-0.39, 0.29) is 23.6 Å². The van der Waals surface area contributed by atoms with E-state index in [0.717, 1.165) is 30.9 Å². The topological polar surface area (TPSA) is 50.8 Å². The minimum atomic E-state index is -0.337. The minimum Gasteiger partial charge on any atom is -0.465 e. The second kappa shape index (κ2) is 5.73. The van der Waals surface area contributed by atoms with Crippen molar-refractivity contribution in [2.45, 2.75) is 31.0 Å². The van der Waals surface area contributed by atoms with Crippen molar-refractivity contribution in [3.8, 4) is 0 Å². The molecular weight excluding hydrogens is 292 g/mol. The van der Waals surface area contributed by atoms with Gasteiger partial charge in [-0.2, -0.15) is 0 Å². The number of carbonyl (C=O) groups is 1. The van der Waals surface area contributed by atoms with E-state index in [0.29, 0.717) is 5.56 Å². The van der Waals surface area contributed by atoms with Crippen molar-refractivity contribution in [2.24, 2.45) is 0 Å². The third kappa shape index (κ3) is 2.68. The Kier molecular flexibility index (Phi) is 3.95. The maximum Gasteiger partial charge on any atom is 0.337 e. The van der Waals surface area contributed by atoms with Crippen LogP contribution in [0.25, 0.3) is 0 Å². The number of rotatable bonds is 4. The number of benzene rings is 1. The van der Waals surface area contributed by atoms with Gasteiger partial charge in [-0.25, -0.2) is 4.79 Å². The smallest absolute Gasteiger partial charge is 0.337 e. The highest BCUT2D eigenvalue weighted by Crippen LogP contribution is 2.38. The summed E-state index contributed by atoms with van der Waals surface area (Å²) >= 11 is 6.31. The summed E-state index contributed by atoms with van der Waals surface area (Å²) in [7, 11) is 1.38. The van der Waals surface area contributed by atoms with Gasteiger partial charge < -0.3 is 19.7 Å². The Bertz CT molecular complexity index is 546. The Hall–Kier alpha value is -1.46. The Morgan fingerprint density at radius 1 is 1.62 bits per heavy atom. The van der Waals surface area contributed by atoms with Gasteiger partial charge in [0.1, 0.15) is 6.17 Å². The van der Waals surface area contributed by atoms with Crippen LogP contribution in [0.2, 0.25) is 0 Å². The van der Waals surface area contributed by atoms with Crippen LogP contribution in [0.5, 0.6) is 0 Å². The van der Waals surface area contributed by atoms with Crippen LogP contribution in [0.1, 0.15) is 23.7 Å². The van der Waals surface area contributed by atoms with Crippen LogP contribution >= 0.6 is 11.6 Å². The van der Waals surface area contributed by atoms with E-state index in [2.05, 4.69) is 10.2 Å². The highest BCUT2D eigenvalue weighted by atomic mass is 35.5. The monoisotopic (exact) mass is 310 g/mol. The lowest BCUT2D eigenvalue weighted by Crippen LogP contribution is -2.48. The molecule has 3 rings (SSSR count). The number of nitrogens with one attached hydrogen (secondary N) is 1. The highest BCUT2D eigenvalue weighted by Gasteiger charge is 2.35. The molecule has 114 valence electrons. The van der Waals surface area contributed by atoms with E-state index < -0.39 is 0 Å². The second-order valence-electron chi connectivity index (χ2n) is 5.42. The first kappa shape index (κ1) is 14.5. The first-order chi connectivity index (χ1) is 10.1. The average molecular weight is 311 g/mol. The fraction of sp³-hybridized carbons (Fsp3) is 0.533. The van der Waals surface area contributed by atoms with Crippen LogP contribution in [-0.4, -0.2) is 43.9 Å². The van der Waals surface area contributed by atoms with Crippen LogP contribution in [0.4, 0.5) is 11.4 Å². The number of halogens is 1. The molecule has 0 aliphatic carbocycles. The van der Waals surface area contributed by atoms with Gasteiger partial charge in [0.15, 0.2) is 0 Å². The number of alkyl halides is 1. The normalized spacial score (nSPS) is 24.8. The van der Waals surface area contributed by atoms with Gasteiger partial charge >= 0.3 is 5.97 Å². The molecule has 0 spiro atoms. The predicted octanol–water partition coefficient (Wildman–Crippen LogP) is 2.45. The van der Waals surface area contributed by atoms with E-state index in [9.17, 15) is 4.79 Å². The number of esters is 1. The number of methoxy groups -OCH3 is 1. The van der Waals surface area contributed by atoms with Crippen molar-refractivity contribution in [3.05, 3.63) is 23.8 Å². The molecule has 21 heavy (non-hydrogen) atoms. The van der Waals surface area contributed by atoms with E-state index in [4.69, 9.17) is 21.1 Å². The molecule has 1 aromatic carbocycles. The van der Waals surface area contributed by atoms with Gasteiger partial charge in [0.2, 0.25) is 0 Å². The molecule has 0 aromatic heterocycles. The quantitative estimate of drug-likeness (QED) is 0.684. The predicted molar refractivity (Wildman–Crippen MR) is 82.2 cm³/mol. The van der Waals surface area contributed by atoms with Gasteiger partial charge in [0.25, 0.3) is 0 Å². The van der Waals surface area contributed by atoms with E-state index in [1.54, 1.807) is 6.07 Å². The molecule has 0 amide bonds. The lowest BCUT2D eigenvalue weighted by Gasteiger charge is -2.35. The first-order valence-electron chi connectivity index (χ1n) is 7.11. The number of hydrogen-bond acceptors (Lipinski definition) is 5. The summed E-state index contributed by atoms with van der Waals surface area (Å²) in [5, 5.41) is 3.32. The third-order valence-electron chi connectivity index (χ3n) is 4.00. The summed E-state index contributed by atoms with van der Waals surface area (Å²) in [6, 6.07) is 5.53. The van der Waals surface area contributed by atoms with Gasteiger partial charge in [0.05, 0.1) is 35.5 Å². The summed E-state index contributed by atoms with van der Waals surface area (Å²) in [6.45, 7) is 3.60. The second-order valence-corrected chi connectivity index (χ2v) is 6.11. The Morgan fingerprint density at radius 3 is 2.95 bits per heavy atom. The fourth-order valence-corrected chi connectivity index (χ4v) is 2.96. The van der Waals surface area contributed by atoms with Crippen LogP contribution in [0, 0.1) is 0 Å². The van der Waals surface area contributed by atoms with E-state index in [1.165, 1.54) is 7.11 Å². The summed E-state index contributed by atoms with van der Waals surface area (Å²) in [5.41, 5.74) is 2.50. The summed E-state index contributed by atoms with van der Waals surface area (Å²) in [4.78, 5) is 13.9. The van der Waals surface area contributed by atoms with Crippen molar-refractivity contribution in [1.29, 1.82) is 0 Å². The van der Waals surface area contributed by atoms with Crippen molar-refractivity contribution < 1.29 is 14.3 Å². The van der Waals surface area contributed by atoms with E-state index >= 15 is 0 Å². The van der Waals surface area contributed by atoms with Gasteiger partial charge in [-0.1, -0.05) is 0 Å². The molecule has 5 nitrogen and oxygen atoms in total. The maximum atomic E-state index is 11.6. The molecule has 1 fully saturated rings. The maximum absolute atomic E-state index is 11.6. The molecule has 0 bridgehead atoms. The van der Waals surface area contributed by atoms with Crippen molar-refractivity contribution in [3.63, 3.8) is 0 Å². The zero-order valence-corrected chi connectivity index (χ0v) is 12.9. The average Bonchev–Trinajstić information content (AvgIpc) is 2.79. The Labute approximate surface area is 129 Å². The van der Waals surface area contributed by atoms with Gasteiger partial charge in [-0.3, -0.25) is 0 Å². The van der Waals surface area contributed by atoms with Gasteiger partial charge in [0, 0.05) is 13.2 Å². The minimum absolute atomic E-state index is 0.00114. The van der Waals surface area contributed by atoms with Gasteiger partial charge in [-0.15, -0.1) is 11.6 Å². The van der Waals surface area contributed by atoms with Crippen LogP contribution in [-0.2, 0) is 9.47 Å². The standard InChI is InChI=1S/C15H19ClN2O3/c1-9(16)14-17-12-7-10(15(19)20-2)3-4-13(12)18(14)8-11-5-6-21-11/h3-4,7,9,11,14,17H,5-6,8H2,1-2H3/t9-,11?,14?/m0/s1. The zero-order chi connectivity index (χ0) is 15.0. The number of ether oxygens (including phenoxy) is 2. The third-order valence-corrected chi connectivity index (χ3v) is 4.23. The molecule has 2 aliphatic heterocycles. The molecule has 2 unspecified atom stereocenters. The van der Waals surface area contributed by atoms with Crippen molar-refractivity contribution in [1.82, 2.24) is 0 Å². The largest absolute Gasteiger partial charge is 0.465 e. The summed E-state index contributed by atoms with van der Waals surface area (Å²) < 4.78 is 10.3. The van der Waals surface area contributed by atoms with Gasteiger partial charge in [-0.05, 0) is 31.5 Å². The van der Waals surface area contributed by atoms with Crippen LogP contribution in [0.3, 0.4) is 0 Å². The first-order valence-corrected chi connectivity index (χ1v) is 7.55.